The summed E-state index contributed by atoms with van der Waals surface area (Å²) in [6, 6.07) is 43.8. The number of rotatable bonds is 7. The summed E-state index contributed by atoms with van der Waals surface area (Å²) < 4.78 is 6.87. The number of anilines is 2. The van der Waals surface area contributed by atoms with Crippen LogP contribution in [0.1, 0.15) is 58.1 Å². The van der Waals surface area contributed by atoms with Gasteiger partial charge in [0.2, 0.25) is 0 Å². The molecule has 266 valence electrons. The molecule has 3 aliphatic rings. The van der Waals surface area contributed by atoms with Gasteiger partial charge in [0.25, 0.3) is 11.8 Å². The van der Waals surface area contributed by atoms with E-state index in [1.807, 2.05) is 54.6 Å². The zero-order valence-corrected chi connectivity index (χ0v) is 31.0. The highest BCUT2D eigenvalue weighted by Crippen LogP contribution is 2.50. The number of halogens is 1. The molecule has 0 saturated carbocycles. The molecular formula is C46H36BrN3O4. The average molecular weight is 775 g/mol. The molecule has 6 aromatic carbocycles. The molecule has 0 aliphatic carbocycles. The molecule has 9 rings (SSSR count). The number of hydrogen-bond donors (Lipinski definition) is 1. The maximum Gasteiger partial charge on any atom is 0.335 e. The number of fused-ring (bicyclic) bond motifs is 1. The number of nitrogens with one attached hydrogen (secondary N) is 1. The Morgan fingerprint density at radius 3 is 2.02 bits per heavy atom. The van der Waals surface area contributed by atoms with E-state index >= 15 is 0 Å². The average Bonchev–Trinajstić information content (AvgIpc) is 3.20. The Hall–Kier alpha value is -5.99. The van der Waals surface area contributed by atoms with Crippen molar-refractivity contribution >= 4 is 62.0 Å². The fourth-order valence-corrected chi connectivity index (χ4v) is 8.84. The second kappa shape index (κ2) is 14.1. The number of carbonyl (C=O) groups excluding carboxylic acids is 3. The number of nitrogens with zero attached hydrogens (tertiary/aromatic N) is 2. The minimum atomic E-state index is -0.760. The topological polar surface area (TPSA) is 79.0 Å². The lowest BCUT2D eigenvalue weighted by molar-refractivity contribution is -0.122. The van der Waals surface area contributed by atoms with Crippen molar-refractivity contribution in [3.05, 3.63) is 177 Å². The molecule has 6 aromatic rings. The molecule has 0 unspecified atom stereocenters. The van der Waals surface area contributed by atoms with Gasteiger partial charge >= 0.3 is 6.03 Å². The van der Waals surface area contributed by atoms with Crippen molar-refractivity contribution in [3.63, 3.8) is 0 Å². The van der Waals surface area contributed by atoms with Gasteiger partial charge in [-0.1, -0.05) is 109 Å². The second-order valence-corrected chi connectivity index (χ2v) is 14.9. The first-order valence-electron chi connectivity index (χ1n) is 18.3. The lowest BCUT2D eigenvalue weighted by Gasteiger charge is -2.44. The minimum absolute atomic E-state index is 0.0870. The van der Waals surface area contributed by atoms with Crippen LogP contribution in [0.2, 0.25) is 0 Å². The molecule has 7 nitrogen and oxygen atoms in total. The van der Waals surface area contributed by atoms with Crippen LogP contribution >= 0.6 is 15.9 Å². The molecule has 8 heteroatoms. The SMILES string of the molecule is O=C1NC(=O)N(c2cc3c4c(c2)[C@@H](c2ccccc2)CCN4CC[C@@H]3c2ccccc2)C(=O)/C1=C/c1ccc(OCc2cccc3ccccc23)c(Br)c1. The van der Waals surface area contributed by atoms with Crippen LogP contribution in [0.15, 0.2) is 144 Å². The van der Waals surface area contributed by atoms with Crippen molar-refractivity contribution < 1.29 is 19.1 Å². The maximum absolute atomic E-state index is 14.3. The van der Waals surface area contributed by atoms with Crippen LogP contribution in [0.5, 0.6) is 5.75 Å². The van der Waals surface area contributed by atoms with Crippen molar-refractivity contribution in [2.45, 2.75) is 31.3 Å². The highest BCUT2D eigenvalue weighted by atomic mass is 79.9. The number of hydrogen-bond acceptors (Lipinski definition) is 5. The van der Waals surface area contributed by atoms with Crippen LogP contribution in [-0.4, -0.2) is 30.9 Å². The standard InChI is InChI=1S/C46H36BrN3O4/c47-41-25-29(18-19-42(41)54-28-33-16-9-15-30-14-7-8-17-35(30)33)24-40-44(51)48-46(53)50(45(40)52)34-26-38-36(31-10-3-1-4-11-31)20-22-49-23-21-37(39(27-34)43(38)49)32-12-5-2-6-13-32/h1-19,24-27,36-37H,20-23,28H2,(H,48,51,53)/b40-24+/t36-,37-/m1/s1. The monoisotopic (exact) mass is 773 g/mol. The Balaban J connectivity index is 1.06. The van der Waals surface area contributed by atoms with Crippen LogP contribution < -0.4 is 19.9 Å². The van der Waals surface area contributed by atoms with Crippen LogP contribution in [0, 0.1) is 0 Å². The number of benzene rings is 6. The Morgan fingerprint density at radius 2 is 1.35 bits per heavy atom. The van der Waals surface area contributed by atoms with Crippen molar-refractivity contribution in [2.75, 3.05) is 22.9 Å². The van der Waals surface area contributed by atoms with Crippen molar-refractivity contribution in [1.82, 2.24) is 5.32 Å². The Kier molecular flexibility index (Phi) is 8.83. The number of amides is 4. The molecule has 0 aromatic heterocycles. The molecule has 0 radical (unpaired) electrons. The van der Waals surface area contributed by atoms with Gasteiger partial charge in [0.1, 0.15) is 17.9 Å². The van der Waals surface area contributed by atoms with Gasteiger partial charge in [0.05, 0.1) is 10.2 Å². The largest absolute Gasteiger partial charge is 0.488 e. The van der Waals surface area contributed by atoms with Gasteiger partial charge in [0.15, 0.2) is 0 Å². The van der Waals surface area contributed by atoms with Crippen molar-refractivity contribution in [3.8, 4) is 5.75 Å². The van der Waals surface area contributed by atoms with Gasteiger partial charge in [-0.25, -0.2) is 9.69 Å². The lowest BCUT2D eigenvalue weighted by Crippen LogP contribution is -2.54. The van der Waals surface area contributed by atoms with Gasteiger partial charge in [-0.3, -0.25) is 14.9 Å². The van der Waals surface area contributed by atoms with E-state index in [0.717, 1.165) is 58.3 Å². The summed E-state index contributed by atoms with van der Waals surface area (Å²) in [4.78, 5) is 44.9. The van der Waals surface area contributed by atoms with Gasteiger partial charge < -0.3 is 9.64 Å². The van der Waals surface area contributed by atoms with E-state index < -0.39 is 17.8 Å². The van der Waals surface area contributed by atoms with E-state index in [1.165, 1.54) is 22.9 Å². The van der Waals surface area contributed by atoms with Crippen LogP contribution in [0.3, 0.4) is 0 Å². The predicted molar refractivity (Wildman–Crippen MR) is 216 cm³/mol. The molecule has 54 heavy (non-hydrogen) atoms. The quantitative estimate of drug-likeness (QED) is 0.129. The summed E-state index contributed by atoms with van der Waals surface area (Å²) in [6.07, 6.45) is 3.35. The Morgan fingerprint density at radius 1 is 0.722 bits per heavy atom. The van der Waals surface area contributed by atoms with Gasteiger partial charge in [0, 0.05) is 30.6 Å². The maximum atomic E-state index is 14.3. The summed E-state index contributed by atoms with van der Waals surface area (Å²) in [6.45, 7) is 2.22. The van der Waals surface area contributed by atoms with Gasteiger partial charge in [-0.05, 0) is 103 Å². The highest BCUT2D eigenvalue weighted by Gasteiger charge is 2.40. The molecule has 3 heterocycles. The van der Waals surface area contributed by atoms with E-state index in [-0.39, 0.29) is 17.4 Å². The molecular weight excluding hydrogens is 738 g/mol. The van der Waals surface area contributed by atoms with Gasteiger partial charge in [-0.2, -0.15) is 0 Å². The minimum Gasteiger partial charge on any atom is -0.488 e. The lowest BCUT2D eigenvalue weighted by atomic mass is 9.76. The number of barbiturate groups is 1. The summed E-state index contributed by atoms with van der Waals surface area (Å²) in [5.74, 6) is -0.602. The molecule has 4 amide bonds. The summed E-state index contributed by atoms with van der Waals surface area (Å²) in [5, 5.41) is 4.72. The molecule has 0 bridgehead atoms. The summed E-state index contributed by atoms with van der Waals surface area (Å²) in [5.41, 5.74) is 7.75. The zero-order chi connectivity index (χ0) is 36.8. The molecule has 1 fully saturated rings. The second-order valence-electron chi connectivity index (χ2n) is 14.0. The normalized spacial score (nSPS) is 18.8. The summed E-state index contributed by atoms with van der Waals surface area (Å²) >= 11 is 3.63. The smallest absolute Gasteiger partial charge is 0.335 e. The molecule has 2 atom stereocenters. The molecule has 1 N–H and O–H groups in total. The van der Waals surface area contributed by atoms with E-state index in [4.69, 9.17) is 4.74 Å². The van der Waals surface area contributed by atoms with E-state index in [1.54, 1.807) is 12.1 Å². The van der Waals surface area contributed by atoms with Crippen LogP contribution in [-0.2, 0) is 16.2 Å². The van der Waals surface area contributed by atoms with Crippen LogP contribution in [0.4, 0.5) is 16.2 Å². The van der Waals surface area contributed by atoms with Gasteiger partial charge in [-0.15, -0.1) is 0 Å². The van der Waals surface area contributed by atoms with E-state index in [9.17, 15) is 14.4 Å². The third-order valence-electron chi connectivity index (χ3n) is 10.9. The first-order chi connectivity index (χ1) is 26.4. The van der Waals surface area contributed by atoms with Crippen molar-refractivity contribution in [1.29, 1.82) is 0 Å². The number of ether oxygens (including phenoxy) is 1. The highest BCUT2D eigenvalue weighted by molar-refractivity contribution is 9.10. The number of imide groups is 2. The molecule has 1 saturated heterocycles. The third-order valence-corrected chi connectivity index (χ3v) is 11.5. The van der Waals surface area contributed by atoms with Crippen molar-refractivity contribution in [2.24, 2.45) is 0 Å². The van der Waals surface area contributed by atoms with Crippen LogP contribution in [0.25, 0.3) is 16.8 Å². The number of urea groups is 1. The zero-order valence-electron chi connectivity index (χ0n) is 29.4. The number of carbonyl (C=O) groups is 3. The Labute approximate surface area is 322 Å². The fourth-order valence-electron chi connectivity index (χ4n) is 8.33. The first-order valence-corrected chi connectivity index (χ1v) is 19.1. The van der Waals surface area contributed by atoms with E-state index in [2.05, 4.69) is 92.9 Å². The first kappa shape index (κ1) is 33.8. The van der Waals surface area contributed by atoms with E-state index in [0.29, 0.717) is 28.1 Å². The molecule has 0 spiro atoms. The summed E-state index contributed by atoms with van der Waals surface area (Å²) in [7, 11) is 0. The third kappa shape index (κ3) is 6.16. The Bertz CT molecular complexity index is 2400. The predicted octanol–water partition coefficient (Wildman–Crippen LogP) is 9.73. The molecule has 3 aliphatic heterocycles. The fraction of sp³-hybridized carbons (Fsp3) is 0.152.